The molecule has 0 spiro atoms. The molecule has 0 aliphatic heterocycles. The average Bonchev–Trinajstić information content (AvgIpc) is 2.05. The van der Waals surface area contributed by atoms with Gasteiger partial charge in [0.25, 0.3) is 0 Å². The van der Waals surface area contributed by atoms with Gasteiger partial charge < -0.3 is 0 Å². The first kappa shape index (κ1) is 7.12. The van der Waals surface area contributed by atoms with Gasteiger partial charge in [0.15, 0.2) is 0 Å². The highest BCUT2D eigenvalue weighted by atomic mass is 14.3. The van der Waals surface area contributed by atoms with E-state index >= 15 is 0 Å². The highest BCUT2D eigenvalue weighted by Gasteiger charge is 2.14. The summed E-state index contributed by atoms with van der Waals surface area (Å²) in [5.41, 5.74) is 0.864. The zero-order chi connectivity index (χ0) is 8.39. The molecule has 3 rings (SSSR count). The maximum atomic E-state index is 8.82. The zero-order valence-corrected chi connectivity index (χ0v) is 6.64. The van der Waals surface area contributed by atoms with Gasteiger partial charge in [-0.3, -0.25) is 0 Å². The maximum Gasteiger partial charge on any atom is 0.0953 e. The molecule has 0 saturated carbocycles. The van der Waals surface area contributed by atoms with Gasteiger partial charge in [0.2, 0.25) is 0 Å². The summed E-state index contributed by atoms with van der Waals surface area (Å²) >= 11 is 0. The SMILES string of the molecule is N#CC1=C[C@@H]2C=C[C@H]1/C=C\C=C/2. The number of fused-ring (bicyclic) bond motifs is 1. The quantitative estimate of drug-likeness (QED) is 0.492. The van der Waals surface area contributed by atoms with E-state index in [0.717, 1.165) is 5.57 Å². The van der Waals surface area contributed by atoms with Gasteiger partial charge in [0, 0.05) is 17.4 Å². The molecule has 58 valence electrons. The van der Waals surface area contributed by atoms with Gasteiger partial charge in [0.05, 0.1) is 6.07 Å². The van der Waals surface area contributed by atoms with Crippen molar-refractivity contribution in [2.45, 2.75) is 0 Å². The highest BCUT2D eigenvalue weighted by molar-refractivity contribution is 5.40. The Labute approximate surface area is 72.0 Å². The third kappa shape index (κ3) is 1.12. The lowest BCUT2D eigenvalue weighted by Crippen LogP contribution is -2.05. The Morgan fingerprint density at radius 3 is 2.75 bits per heavy atom. The predicted molar refractivity (Wildman–Crippen MR) is 48.1 cm³/mol. The molecule has 1 heteroatoms. The first-order valence-electron chi connectivity index (χ1n) is 4.05. The third-order valence-electron chi connectivity index (χ3n) is 2.16. The van der Waals surface area contributed by atoms with Crippen molar-refractivity contribution in [3.05, 3.63) is 48.1 Å². The van der Waals surface area contributed by atoms with Crippen molar-refractivity contribution in [2.24, 2.45) is 11.8 Å². The van der Waals surface area contributed by atoms with Crippen molar-refractivity contribution in [2.75, 3.05) is 0 Å². The van der Waals surface area contributed by atoms with E-state index in [1.165, 1.54) is 0 Å². The molecule has 0 N–H and O–H groups in total. The van der Waals surface area contributed by atoms with Crippen LogP contribution in [0.5, 0.6) is 0 Å². The van der Waals surface area contributed by atoms with E-state index in [4.69, 9.17) is 5.26 Å². The summed E-state index contributed by atoms with van der Waals surface area (Å²) in [6.45, 7) is 0. The van der Waals surface area contributed by atoms with Crippen molar-refractivity contribution in [1.29, 1.82) is 5.26 Å². The maximum absolute atomic E-state index is 8.82. The lowest BCUT2D eigenvalue weighted by Gasteiger charge is -2.16. The summed E-state index contributed by atoms with van der Waals surface area (Å²) in [5.74, 6) is 0.525. The molecule has 0 unspecified atom stereocenters. The molecule has 0 saturated heterocycles. The number of hydrogen-bond acceptors (Lipinski definition) is 1. The van der Waals surface area contributed by atoms with Crippen LogP contribution in [0.1, 0.15) is 0 Å². The second kappa shape index (κ2) is 2.83. The fraction of sp³-hybridized carbons (Fsp3) is 0.182. The average molecular weight is 155 g/mol. The summed E-state index contributed by atoms with van der Waals surface area (Å²) < 4.78 is 0. The predicted octanol–water partition coefficient (Wildman–Crippen LogP) is 2.36. The minimum atomic E-state index is 0.205. The van der Waals surface area contributed by atoms with Crippen LogP contribution in [0.2, 0.25) is 0 Å². The summed E-state index contributed by atoms with van der Waals surface area (Å²) in [6, 6.07) is 2.23. The number of hydrogen-bond donors (Lipinski definition) is 0. The molecule has 0 fully saturated rings. The lowest BCUT2D eigenvalue weighted by atomic mass is 9.87. The third-order valence-corrected chi connectivity index (χ3v) is 2.16. The first-order chi connectivity index (χ1) is 5.90. The van der Waals surface area contributed by atoms with Crippen LogP contribution >= 0.6 is 0 Å². The smallest absolute Gasteiger partial charge is 0.0953 e. The van der Waals surface area contributed by atoms with E-state index in [-0.39, 0.29) is 5.92 Å². The van der Waals surface area contributed by atoms with Crippen LogP contribution in [0.15, 0.2) is 48.1 Å². The van der Waals surface area contributed by atoms with Crippen molar-refractivity contribution in [3.8, 4) is 6.07 Å². The van der Waals surface area contributed by atoms with Crippen LogP contribution < -0.4 is 0 Å². The molecule has 0 amide bonds. The van der Waals surface area contributed by atoms with E-state index in [2.05, 4.69) is 24.3 Å². The van der Waals surface area contributed by atoms with Crippen molar-refractivity contribution in [1.82, 2.24) is 0 Å². The standard InChI is InChI=1S/C11H9N/c12-8-11-7-9-3-1-2-4-10(11)6-5-9/h1-7,9-10H/b3-1-,4-2-/t9-,10+/m0/s1. The van der Waals surface area contributed by atoms with Crippen LogP contribution in [0.25, 0.3) is 0 Å². The molecule has 1 nitrogen and oxygen atoms in total. The second-order valence-electron chi connectivity index (χ2n) is 2.99. The first-order valence-corrected chi connectivity index (χ1v) is 4.05. The fourth-order valence-electron chi connectivity index (χ4n) is 1.50. The Kier molecular flexibility index (Phi) is 1.68. The van der Waals surface area contributed by atoms with Crippen LogP contribution in [-0.4, -0.2) is 0 Å². The van der Waals surface area contributed by atoms with Crippen LogP contribution in [0, 0.1) is 23.2 Å². The Bertz CT molecular complexity index is 337. The van der Waals surface area contributed by atoms with Gasteiger partial charge in [0.1, 0.15) is 0 Å². The van der Waals surface area contributed by atoms with E-state index in [1.807, 2.05) is 24.3 Å². The van der Waals surface area contributed by atoms with E-state index in [9.17, 15) is 0 Å². The summed E-state index contributed by atoms with van der Waals surface area (Å²) in [7, 11) is 0. The fourth-order valence-corrected chi connectivity index (χ4v) is 1.50. The van der Waals surface area contributed by atoms with E-state index < -0.39 is 0 Å². The van der Waals surface area contributed by atoms with Gasteiger partial charge in [-0.15, -0.1) is 0 Å². The van der Waals surface area contributed by atoms with Gasteiger partial charge in [-0.25, -0.2) is 0 Å². The molecule has 0 heterocycles. The topological polar surface area (TPSA) is 23.8 Å². The van der Waals surface area contributed by atoms with Crippen LogP contribution in [-0.2, 0) is 0 Å². The van der Waals surface area contributed by atoms with Gasteiger partial charge in [-0.1, -0.05) is 42.5 Å². The Hall–Kier alpha value is -1.55. The number of nitrogens with zero attached hydrogens (tertiary/aromatic N) is 1. The summed E-state index contributed by atoms with van der Waals surface area (Å²) in [5, 5.41) is 8.82. The Balaban J connectivity index is 2.45. The molecule has 12 heavy (non-hydrogen) atoms. The zero-order valence-electron chi connectivity index (χ0n) is 6.64. The molecule has 2 atom stereocenters. The number of rotatable bonds is 0. The van der Waals surface area contributed by atoms with Crippen LogP contribution in [0.4, 0.5) is 0 Å². The number of allylic oxidation sites excluding steroid dienone is 8. The van der Waals surface area contributed by atoms with Crippen molar-refractivity contribution < 1.29 is 0 Å². The Morgan fingerprint density at radius 1 is 1.08 bits per heavy atom. The minimum Gasteiger partial charge on any atom is -0.193 e. The highest BCUT2D eigenvalue weighted by Crippen LogP contribution is 2.25. The molecular formula is C11H9N. The summed E-state index contributed by atoms with van der Waals surface area (Å²) in [6.07, 6.45) is 14.4. The lowest BCUT2D eigenvalue weighted by molar-refractivity contribution is 0.892. The Morgan fingerprint density at radius 2 is 1.92 bits per heavy atom. The van der Waals surface area contributed by atoms with Crippen molar-refractivity contribution >= 4 is 0 Å². The van der Waals surface area contributed by atoms with Crippen molar-refractivity contribution in [3.63, 3.8) is 0 Å². The molecule has 0 aromatic carbocycles. The number of nitriles is 1. The molecule has 0 radical (unpaired) electrons. The second-order valence-corrected chi connectivity index (χ2v) is 2.99. The molecule has 2 bridgehead atoms. The minimum absolute atomic E-state index is 0.205. The molecular weight excluding hydrogens is 146 g/mol. The van der Waals surface area contributed by atoms with E-state index in [1.54, 1.807) is 0 Å². The van der Waals surface area contributed by atoms with Gasteiger partial charge in [-0.2, -0.15) is 5.26 Å². The van der Waals surface area contributed by atoms with Gasteiger partial charge >= 0.3 is 0 Å². The van der Waals surface area contributed by atoms with Gasteiger partial charge in [-0.05, 0) is 0 Å². The normalized spacial score (nSPS) is 36.1. The monoisotopic (exact) mass is 155 g/mol. The van der Waals surface area contributed by atoms with Crippen LogP contribution in [0.3, 0.4) is 0 Å². The molecule has 0 aromatic rings. The summed E-state index contributed by atoms with van der Waals surface area (Å²) in [4.78, 5) is 0. The van der Waals surface area contributed by atoms with E-state index in [0.29, 0.717) is 5.92 Å². The largest absolute Gasteiger partial charge is 0.193 e. The molecule has 3 aliphatic carbocycles. The molecule has 3 aliphatic rings. The molecule has 0 aromatic heterocycles.